The van der Waals surface area contributed by atoms with Gasteiger partial charge in [0.1, 0.15) is 6.61 Å². The van der Waals surface area contributed by atoms with Crippen molar-refractivity contribution in [2.45, 2.75) is 6.92 Å². The summed E-state index contributed by atoms with van der Waals surface area (Å²) in [5.74, 6) is -0.500. The number of hydrogen-bond acceptors (Lipinski definition) is 4. The van der Waals surface area contributed by atoms with E-state index in [1.807, 2.05) is 13.0 Å². The summed E-state index contributed by atoms with van der Waals surface area (Å²) in [6, 6.07) is 5.15. The maximum atomic E-state index is 11.4. The zero-order valence-electron chi connectivity index (χ0n) is 7.99. The van der Waals surface area contributed by atoms with Crippen molar-refractivity contribution in [3.05, 3.63) is 29.3 Å². The summed E-state index contributed by atoms with van der Waals surface area (Å²) >= 11 is 0. The highest BCUT2D eigenvalue weighted by atomic mass is 16.5. The fourth-order valence-corrected chi connectivity index (χ4v) is 1.07. The molecule has 0 spiro atoms. The standard InChI is InChI=1S/C10H13NO3/c1-7-3-2-4-8(9(7)11)10(13)14-6-5-12/h2-4,12H,5-6,11H2,1H3. The molecule has 0 aliphatic carbocycles. The molecule has 0 fully saturated rings. The van der Waals surface area contributed by atoms with Crippen molar-refractivity contribution in [2.75, 3.05) is 18.9 Å². The first-order valence-corrected chi connectivity index (χ1v) is 4.30. The van der Waals surface area contributed by atoms with E-state index >= 15 is 0 Å². The number of nitrogens with two attached hydrogens (primary N) is 1. The number of carbonyl (C=O) groups is 1. The molecule has 0 radical (unpaired) electrons. The molecule has 1 rings (SSSR count). The molecule has 1 aromatic rings. The van der Waals surface area contributed by atoms with Gasteiger partial charge in [0, 0.05) is 5.69 Å². The normalized spacial score (nSPS) is 9.86. The lowest BCUT2D eigenvalue weighted by atomic mass is 10.1. The quantitative estimate of drug-likeness (QED) is 0.550. The minimum Gasteiger partial charge on any atom is -0.460 e. The van der Waals surface area contributed by atoms with E-state index in [9.17, 15) is 4.79 Å². The van der Waals surface area contributed by atoms with Gasteiger partial charge in [-0.3, -0.25) is 0 Å². The van der Waals surface area contributed by atoms with Crippen LogP contribution in [-0.4, -0.2) is 24.3 Å². The highest BCUT2D eigenvalue weighted by molar-refractivity contribution is 5.95. The number of esters is 1. The van der Waals surface area contributed by atoms with E-state index in [1.165, 1.54) is 0 Å². The van der Waals surface area contributed by atoms with E-state index in [0.717, 1.165) is 5.56 Å². The fraction of sp³-hybridized carbons (Fsp3) is 0.300. The Morgan fingerprint density at radius 2 is 2.29 bits per heavy atom. The first-order valence-electron chi connectivity index (χ1n) is 4.30. The lowest BCUT2D eigenvalue weighted by Crippen LogP contribution is -2.11. The molecule has 76 valence electrons. The number of nitrogen functional groups attached to an aromatic ring is 1. The highest BCUT2D eigenvalue weighted by Gasteiger charge is 2.11. The third kappa shape index (κ3) is 2.23. The Balaban J connectivity index is 2.84. The van der Waals surface area contributed by atoms with Crippen LogP contribution in [0.1, 0.15) is 15.9 Å². The van der Waals surface area contributed by atoms with Crippen LogP contribution < -0.4 is 5.73 Å². The number of hydrogen-bond donors (Lipinski definition) is 2. The van der Waals surface area contributed by atoms with Crippen LogP contribution in [0.4, 0.5) is 5.69 Å². The third-order valence-corrected chi connectivity index (χ3v) is 1.87. The maximum Gasteiger partial charge on any atom is 0.340 e. The topological polar surface area (TPSA) is 72.5 Å². The number of rotatable bonds is 3. The Hall–Kier alpha value is -1.55. The van der Waals surface area contributed by atoms with Crippen LogP contribution in [0.25, 0.3) is 0 Å². The van der Waals surface area contributed by atoms with E-state index in [2.05, 4.69) is 0 Å². The third-order valence-electron chi connectivity index (χ3n) is 1.87. The Labute approximate surface area is 82.3 Å². The summed E-state index contributed by atoms with van der Waals surface area (Å²) in [4.78, 5) is 11.4. The van der Waals surface area contributed by atoms with Gasteiger partial charge in [-0.1, -0.05) is 12.1 Å². The van der Waals surface area contributed by atoms with Crippen molar-refractivity contribution >= 4 is 11.7 Å². The van der Waals surface area contributed by atoms with Gasteiger partial charge >= 0.3 is 5.97 Å². The molecule has 3 N–H and O–H groups in total. The second-order valence-electron chi connectivity index (χ2n) is 2.90. The van der Waals surface area contributed by atoms with Gasteiger partial charge in [0.2, 0.25) is 0 Å². The molecule has 4 nitrogen and oxygen atoms in total. The average molecular weight is 195 g/mol. The van der Waals surface area contributed by atoms with Crippen molar-refractivity contribution in [3.8, 4) is 0 Å². The Morgan fingerprint density at radius 1 is 1.57 bits per heavy atom. The SMILES string of the molecule is Cc1cccc(C(=O)OCCO)c1N. The molecule has 0 atom stereocenters. The molecule has 0 heterocycles. The zero-order chi connectivity index (χ0) is 10.6. The van der Waals surface area contributed by atoms with Crippen LogP contribution in [0.15, 0.2) is 18.2 Å². The molecule has 0 aliphatic rings. The molecular formula is C10H13NO3. The van der Waals surface area contributed by atoms with E-state index in [-0.39, 0.29) is 13.2 Å². The van der Waals surface area contributed by atoms with Crippen LogP contribution in [0, 0.1) is 6.92 Å². The van der Waals surface area contributed by atoms with Gasteiger partial charge in [0.25, 0.3) is 0 Å². The second kappa shape index (κ2) is 4.62. The van der Waals surface area contributed by atoms with Crippen LogP contribution in [-0.2, 0) is 4.74 Å². The molecule has 0 bridgehead atoms. The van der Waals surface area contributed by atoms with Crippen molar-refractivity contribution in [2.24, 2.45) is 0 Å². The van der Waals surface area contributed by atoms with Gasteiger partial charge in [0.05, 0.1) is 12.2 Å². The minimum atomic E-state index is -0.500. The number of ether oxygens (including phenoxy) is 1. The van der Waals surface area contributed by atoms with E-state index in [4.69, 9.17) is 15.6 Å². The number of benzene rings is 1. The van der Waals surface area contributed by atoms with Crippen molar-refractivity contribution in [3.63, 3.8) is 0 Å². The molecule has 0 aromatic heterocycles. The minimum absolute atomic E-state index is 0.00772. The summed E-state index contributed by atoms with van der Waals surface area (Å²) < 4.78 is 4.74. The first-order chi connectivity index (χ1) is 6.66. The Bertz CT molecular complexity index is 336. The molecule has 0 unspecified atom stereocenters. The smallest absolute Gasteiger partial charge is 0.340 e. The van der Waals surface area contributed by atoms with Gasteiger partial charge in [-0.25, -0.2) is 4.79 Å². The summed E-state index contributed by atoms with van der Waals surface area (Å²) in [5.41, 5.74) is 7.30. The summed E-state index contributed by atoms with van der Waals surface area (Å²) in [6.07, 6.45) is 0. The van der Waals surface area contributed by atoms with Crippen LogP contribution in [0.5, 0.6) is 0 Å². The van der Waals surface area contributed by atoms with E-state index < -0.39 is 5.97 Å². The predicted octanol–water partition coefficient (Wildman–Crippen LogP) is 0.726. The molecule has 0 aliphatic heterocycles. The van der Waals surface area contributed by atoms with Gasteiger partial charge in [-0.15, -0.1) is 0 Å². The molecule has 4 heteroatoms. The number of aliphatic hydroxyl groups excluding tert-OH is 1. The van der Waals surface area contributed by atoms with Crippen molar-refractivity contribution < 1.29 is 14.6 Å². The van der Waals surface area contributed by atoms with Gasteiger partial charge in [-0.2, -0.15) is 0 Å². The lowest BCUT2D eigenvalue weighted by molar-refractivity contribution is 0.0435. The number of carbonyl (C=O) groups excluding carboxylic acids is 1. The van der Waals surface area contributed by atoms with Crippen LogP contribution in [0.3, 0.4) is 0 Å². The van der Waals surface area contributed by atoms with Gasteiger partial charge < -0.3 is 15.6 Å². The summed E-state index contributed by atoms with van der Waals surface area (Å²) in [7, 11) is 0. The lowest BCUT2D eigenvalue weighted by Gasteiger charge is -2.07. The fourth-order valence-electron chi connectivity index (χ4n) is 1.07. The molecule has 0 saturated heterocycles. The van der Waals surface area contributed by atoms with Crippen molar-refractivity contribution in [1.29, 1.82) is 0 Å². The molecule has 0 saturated carbocycles. The Kier molecular flexibility index (Phi) is 3.48. The Morgan fingerprint density at radius 3 is 2.93 bits per heavy atom. The molecule has 0 amide bonds. The largest absolute Gasteiger partial charge is 0.460 e. The average Bonchev–Trinajstić information content (AvgIpc) is 2.18. The summed E-state index contributed by atoms with van der Waals surface area (Å²) in [5, 5.41) is 8.48. The maximum absolute atomic E-state index is 11.4. The summed E-state index contributed by atoms with van der Waals surface area (Å²) in [6.45, 7) is 1.63. The van der Waals surface area contributed by atoms with E-state index in [1.54, 1.807) is 12.1 Å². The number of anilines is 1. The molecule has 1 aromatic carbocycles. The molecular weight excluding hydrogens is 182 g/mol. The van der Waals surface area contributed by atoms with Crippen LogP contribution in [0.2, 0.25) is 0 Å². The molecule has 14 heavy (non-hydrogen) atoms. The van der Waals surface area contributed by atoms with Gasteiger partial charge in [0.15, 0.2) is 0 Å². The van der Waals surface area contributed by atoms with E-state index in [0.29, 0.717) is 11.3 Å². The second-order valence-corrected chi connectivity index (χ2v) is 2.90. The zero-order valence-corrected chi connectivity index (χ0v) is 7.99. The van der Waals surface area contributed by atoms with Gasteiger partial charge in [-0.05, 0) is 18.6 Å². The number of aryl methyl sites for hydroxylation is 1. The highest BCUT2D eigenvalue weighted by Crippen LogP contribution is 2.17. The number of aliphatic hydroxyl groups is 1. The van der Waals surface area contributed by atoms with Crippen LogP contribution >= 0.6 is 0 Å². The monoisotopic (exact) mass is 195 g/mol. The first kappa shape index (κ1) is 10.5. The number of para-hydroxylation sites is 1. The predicted molar refractivity (Wildman–Crippen MR) is 53.0 cm³/mol. The van der Waals surface area contributed by atoms with Crippen molar-refractivity contribution in [1.82, 2.24) is 0 Å².